The normalized spacial score (nSPS) is 10.2. The van der Waals surface area contributed by atoms with E-state index in [1.54, 1.807) is 0 Å². The Morgan fingerprint density at radius 2 is 2.05 bits per heavy atom. The highest BCUT2D eigenvalue weighted by Gasteiger charge is 2.06. The molecule has 104 valence electrons. The van der Waals surface area contributed by atoms with Crippen LogP contribution in [0.2, 0.25) is 0 Å². The van der Waals surface area contributed by atoms with E-state index < -0.39 is 11.6 Å². The fourth-order valence-corrected chi connectivity index (χ4v) is 3.31. The summed E-state index contributed by atoms with van der Waals surface area (Å²) in [5.74, 6) is 5.34. The molecule has 0 atom stereocenters. The predicted octanol–water partition coefficient (Wildman–Crippen LogP) is 4.05. The quantitative estimate of drug-likeness (QED) is 0.679. The molecule has 0 aliphatic carbocycles. The van der Waals surface area contributed by atoms with Gasteiger partial charge in [-0.1, -0.05) is 11.8 Å². The number of halogens is 2. The molecular weight excluding hydrogens is 298 g/mol. The first-order valence-corrected chi connectivity index (χ1v) is 7.75. The Balaban J connectivity index is 1.96. The lowest BCUT2D eigenvalue weighted by atomic mass is 10.3. The summed E-state index contributed by atoms with van der Waals surface area (Å²) in [5, 5.41) is 8.64. The van der Waals surface area contributed by atoms with Gasteiger partial charge in [-0.3, -0.25) is 0 Å². The van der Waals surface area contributed by atoms with Gasteiger partial charge in [-0.05, 0) is 24.3 Å². The zero-order valence-corrected chi connectivity index (χ0v) is 12.2. The molecular formula is C15H12F2OS2. The monoisotopic (exact) mass is 310 g/mol. The third-order valence-corrected chi connectivity index (χ3v) is 4.65. The molecule has 0 bridgehead atoms. The van der Waals surface area contributed by atoms with Crippen molar-refractivity contribution in [2.75, 3.05) is 6.61 Å². The summed E-state index contributed by atoms with van der Waals surface area (Å²) in [7, 11) is 0. The first kappa shape index (κ1) is 15.0. The largest absolute Gasteiger partial charge is 0.395 e. The molecule has 1 nitrogen and oxygen atoms in total. The molecule has 1 heterocycles. The van der Waals surface area contributed by atoms with Crippen molar-refractivity contribution >= 4 is 23.1 Å². The van der Waals surface area contributed by atoms with Crippen LogP contribution in [0.5, 0.6) is 0 Å². The van der Waals surface area contributed by atoms with Crippen LogP contribution in [0.4, 0.5) is 8.78 Å². The van der Waals surface area contributed by atoms with Gasteiger partial charge in [0.2, 0.25) is 0 Å². The first-order chi connectivity index (χ1) is 9.69. The molecule has 0 radical (unpaired) electrons. The molecule has 0 amide bonds. The minimum Gasteiger partial charge on any atom is -0.395 e. The van der Waals surface area contributed by atoms with Crippen molar-refractivity contribution in [3.63, 3.8) is 0 Å². The third kappa shape index (κ3) is 4.34. The molecule has 0 aliphatic rings. The second kappa shape index (κ2) is 7.44. The number of hydrogen-bond acceptors (Lipinski definition) is 3. The average molecular weight is 310 g/mol. The van der Waals surface area contributed by atoms with Crippen LogP contribution in [0.1, 0.15) is 16.2 Å². The van der Waals surface area contributed by atoms with Crippen molar-refractivity contribution in [2.45, 2.75) is 17.1 Å². The molecule has 20 heavy (non-hydrogen) atoms. The van der Waals surface area contributed by atoms with Crippen LogP contribution >= 0.6 is 23.1 Å². The molecule has 2 rings (SSSR count). The van der Waals surface area contributed by atoms with Gasteiger partial charge in [-0.25, -0.2) is 8.78 Å². The smallest absolute Gasteiger partial charge is 0.139 e. The lowest BCUT2D eigenvalue weighted by Crippen LogP contribution is -1.84. The Morgan fingerprint density at radius 3 is 2.80 bits per heavy atom. The summed E-state index contributed by atoms with van der Waals surface area (Å²) in [6.07, 6.45) is 0.461. The van der Waals surface area contributed by atoms with Gasteiger partial charge in [0.25, 0.3) is 0 Å². The fourth-order valence-electron chi connectivity index (χ4n) is 1.47. The Kier molecular flexibility index (Phi) is 5.60. The average Bonchev–Trinajstić information content (AvgIpc) is 2.86. The van der Waals surface area contributed by atoms with Crippen molar-refractivity contribution in [2.24, 2.45) is 0 Å². The lowest BCUT2D eigenvalue weighted by molar-refractivity contribution is 0.305. The van der Waals surface area contributed by atoms with E-state index in [1.165, 1.54) is 35.2 Å². The summed E-state index contributed by atoms with van der Waals surface area (Å²) in [6.45, 7) is 0.0604. The second-order valence-corrected chi connectivity index (χ2v) is 6.09. The maximum Gasteiger partial charge on any atom is 0.139 e. The van der Waals surface area contributed by atoms with E-state index in [-0.39, 0.29) is 6.61 Å². The summed E-state index contributed by atoms with van der Waals surface area (Å²) in [5.41, 5.74) is 0. The van der Waals surface area contributed by atoms with Crippen LogP contribution in [-0.4, -0.2) is 11.7 Å². The molecule has 0 saturated carbocycles. The molecule has 0 fully saturated rings. The highest BCUT2D eigenvalue weighted by atomic mass is 32.2. The number of thiophene rings is 1. The van der Waals surface area contributed by atoms with E-state index in [9.17, 15) is 8.78 Å². The van der Waals surface area contributed by atoms with Gasteiger partial charge in [-0.2, -0.15) is 0 Å². The van der Waals surface area contributed by atoms with E-state index in [4.69, 9.17) is 5.11 Å². The van der Waals surface area contributed by atoms with Crippen LogP contribution in [0, 0.1) is 23.5 Å². The highest BCUT2D eigenvalue weighted by Crippen LogP contribution is 2.28. The molecule has 1 N–H and O–H groups in total. The summed E-state index contributed by atoms with van der Waals surface area (Å²) in [6, 6.07) is 7.45. The van der Waals surface area contributed by atoms with Crippen LogP contribution in [0.3, 0.4) is 0 Å². The van der Waals surface area contributed by atoms with E-state index in [0.717, 1.165) is 15.8 Å². The number of aliphatic hydroxyl groups is 1. The number of rotatable bonds is 4. The van der Waals surface area contributed by atoms with Gasteiger partial charge in [0.15, 0.2) is 0 Å². The molecule has 2 aromatic rings. The van der Waals surface area contributed by atoms with Crippen molar-refractivity contribution in [3.8, 4) is 11.8 Å². The van der Waals surface area contributed by atoms with Crippen molar-refractivity contribution in [1.29, 1.82) is 0 Å². The van der Waals surface area contributed by atoms with Crippen molar-refractivity contribution in [1.82, 2.24) is 0 Å². The fraction of sp³-hybridized carbons (Fsp3) is 0.200. The van der Waals surface area contributed by atoms with Gasteiger partial charge < -0.3 is 5.11 Å². The van der Waals surface area contributed by atoms with E-state index in [2.05, 4.69) is 11.8 Å². The van der Waals surface area contributed by atoms with Gasteiger partial charge in [0.05, 0.1) is 11.5 Å². The topological polar surface area (TPSA) is 20.2 Å². The molecule has 0 unspecified atom stereocenters. The van der Waals surface area contributed by atoms with Crippen molar-refractivity contribution < 1.29 is 13.9 Å². The zero-order valence-electron chi connectivity index (χ0n) is 10.5. The van der Waals surface area contributed by atoms with Gasteiger partial charge in [-0.15, -0.1) is 23.1 Å². The summed E-state index contributed by atoms with van der Waals surface area (Å²) >= 11 is 2.87. The molecule has 1 aromatic carbocycles. The van der Waals surface area contributed by atoms with Gasteiger partial charge in [0, 0.05) is 28.0 Å². The number of benzene rings is 1. The first-order valence-electron chi connectivity index (χ1n) is 5.95. The maximum absolute atomic E-state index is 13.5. The minimum absolute atomic E-state index is 0.0604. The predicted molar refractivity (Wildman–Crippen MR) is 78.8 cm³/mol. The summed E-state index contributed by atoms with van der Waals surface area (Å²) in [4.78, 5) is 2.44. The number of hydrogen-bond donors (Lipinski definition) is 1. The standard InChI is InChI=1S/C15H12F2OS2/c16-11-4-7-15(14(17)9-11)19-10-13-6-5-12(20-13)3-1-2-8-18/h4-7,9,18H,2,8,10H2. The lowest BCUT2D eigenvalue weighted by Gasteiger charge is -2.01. The summed E-state index contributed by atoms with van der Waals surface area (Å²) < 4.78 is 26.2. The van der Waals surface area contributed by atoms with Crippen LogP contribution in [0.15, 0.2) is 35.2 Å². The Hall–Kier alpha value is -1.35. The SMILES string of the molecule is OCCC#Cc1ccc(CSc2ccc(F)cc2F)s1. The maximum atomic E-state index is 13.5. The van der Waals surface area contributed by atoms with E-state index in [1.807, 2.05) is 12.1 Å². The number of aliphatic hydroxyl groups excluding tert-OH is 1. The van der Waals surface area contributed by atoms with Crippen LogP contribution < -0.4 is 0 Å². The van der Waals surface area contributed by atoms with Gasteiger partial charge >= 0.3 is 0 Å². The Bertz CT molecular complexity index is 641. The third-order valence-electron chi connectivity index (χ3n) is 2.37. The van der Waals surface area contributed by atoms with Crippen LogP contribution in [0.25, 0.3) is 0 Å². The number of thioether (sulfide) groups is 1. The highest BCUT2D eigenvalue weighted by molar-refractivity contribution is 7.98. The zero-order chi connectivity index (χ0) is 14.4. The Morgan fingerprint density at radius 1 is 1.20 bits per heavy atom. The van der Waals surface area contributed by atoms with Gasteiger partial charge in [0.1, 0.15) is 11.6 Å². The van der Waals surface area contributed by atoms with E-state index >= 15 is 0 Å². The molecule has 0 spiro atoms. The van der Waals surface area contributed by atoms with Crippen molar-refractivity contribution in [3.05, 3.63) is 51.7 Å². The molecule has 0 saturated heterocycles. The molecule has 1 aromatic heterocycles. The Labute approximate surface area is 124 Å². The van der Waals surface area contributed by atoms with E-state index in [0.29, 0.717) is 17.1 Å². The second-order valence-electron chi connectivity index (χ2n) is 3.90. The van der Waals surface area contributed by atoms with Crippen LogP contribution in [-0.2, 0) is 5.75 Å². The minimum atomic E-state index is -0.565. The molecule has 0 aliphatic heterocycles. The molecule has 5 heteroatoms.